The third-order valence-electron chi connectivity index (χ3n) is 3.75. The molecule has 1 atom stereocenters. The first-order chi connectivity index (χ1) is 14.6. The van der Waals surface area contributed by atoms with Crippen LogP contribution in [-0.4, -0.2) is 18.2 Å². The number of halogens is 6. The molecule has 0 saturated carbocycles. The Morgan fingerprint density at radius 3 is 1.52 bits per heavy atom. The molecule has 1 unspecified atom stereocenters. The van der Waals surface area contributed by atoms with Crippen molar-refractivity contribution >= 4 is 18.8 Å². The van der Waals surface area contributed by atoms with Crippen molar-refractivity contribution in [1.29, 1.82) is 0 Å². The number of carbonyl (C=O) groups is 1. The van der Waals surface area contributed by atoms with E-state index < -0.39 is 20.6 Å². The summed E-state index contributed by atoms with van der Waals surface area (Å²) >= 11 is 0. The molecule has 0 aromatic heterocycles. The second-order valence-corrected chi connectivity index (χ2v) is 8.17. The maximum Gasteiger partial charge on any atom is 0.529 e. The molecule has 0 aliphatic carbocycles. The molecule has 0 heterocycles. The van der Waals surface area contributed by atoms with Crippen LogP contribution in [0.4, 0.5) is 26.3 Å². The van der Waals surface area contributed by atoms with Gasteiger partial charge in [0.05, 0.1) is 0 Å². The Balaban J connectivity index is 0.000000323. The van der Waals surface area contributed by atoms with Crippen LogP contribution in [0.3, 0.4) is 0 Å². The van der Waals surface area contributed by atoms with Crippen molar-refractivity contribution in [2.75, 3.05) is 0 Å². The Kier molecular flexibility index (Phi) is 8.77. The van der Waals surface area contributed by atoms with Gasteiger partial charge >= 0.3 is 12.7 Å². The highest BCUT2D eigenvalue weighted by molar-refractivity contribution is 7.81. The van der Waals surface area contributed by atoms with E-state index in [1.54, 1.807) is 4.74 Å². The van der Waals surface area contributed by atoms with Crippen molar-refractivity contribution in [1.82, 2.24) is 0 Å². The quantitative estimate of drug-likeness (QED) is 0.308. The first-order valence-electron chi connectivity index (χ1n) is 8.85. The molecule has 3 rings (SSSR count). The molecule has 0 aliphatic heterocycles. The lowest BCUT2D eigenvalue weighted by molar-refractivity contribution is -0.463. The second kappa shape index (κ2) is 11.1. The smallest absolute Gasteiger partial charge is 0.289 e. The van der Waals surface area contributed by atoms with E-state index in [0.717, 1.165) is 17.0 Å². The van der Waals surface area contributed by atoms with Gasteiger partial charge in [-0.15, -0.1) is 26.3 Å². The minimum Gasteiger partial charge on any atom is -0.289 e. The minimum atomic E-state index is -5.64. The van der Waals surface area contributed by atoms with E-state index in [4.69, 9.17) is 0 Å². The molecule has 0 radical (unpaired) electrons. The minimum absolute atomic E-state index is 0.241. The molecule has 0 amide bonds. The van der Waals surface area contributed by atoms with Crippen LogP contribution in [-0.2, 0) is 10.9 Å². The molecule has 31 heavy (non-hydrogen) atoms. The zero-order valence-electron chi connectivity index (χ0n) is 15.9. The average molecular weight is 458 g/mol. The molecule has 0 bridgehead atoms. The van der Waals surface area contributed by atoms with E-state index in [2.05, 4.69) is 24.3 Å². The van der Waals surface area contributed by atoms with Crippen molar-refractivity contribution in [3.8, 4) is 0 Å². The molecule has 0 aliphatic rings. The number of carbonyl (C=O) groups excluding carboxylic acids is 1. The summed E-state index contributed by atoms with van der Waals surface area (Å²) in [7, 11) is -0.908. The highest BCUT2D eigenvalue weighted by Crippen LogP contribution is 2.42. The van der Waals surface area contributed by atoms with Crippen molar-refractivity contribution in [3.63, 3.8) is 0 Å². The van der Waals surface area contributed by atoms with E-state index in [1.807, 2.05) is 66.7 Å². The van der Waals surface area contributed by atoms with Gasteiger partial charge < -0.3 is 0 Å². The Bertz CT molecular complexity index is 917. The Hall–Kier alpha value is -2.70. The molecule has 2 nitrogen and oxygen atoms in total. The zero-order valence-corrected chi connectivity index (χ0v) is 16.8. The van der Waals surface area contributed by atoms with Gasteiger partial charge in [0.15, 0.2) is 5.52 Å². The summed E-state index contributed by atoms with van der Waals surface area (Å²) in [6, 6.07) is 30.0. The predicted octanol–water partition coefficient (Wildman–Crippen LogP) is 6.88. The number of benzene rings is 3. The van der Waals surface area contributed by atoms with Gasteiger partial charge in [0.1, 0.15) is 0 Å². The molecule has 0 spiro atoms. The SMILES string of the molecule is FC(F)(F)OC(F)(F)F.O=C(c1ccccc1)P(Cc1ccccc1)c1ccccc1. The lowest BCUT2D eigenvalue weighted by atomic mass is 10.2. The van der Waals surface area contributed by atoms with Crippen LogP contribution in [0.1, 0.15) is 15.9 Å². The van der Waals surface area contributed by atoms with Crippen LogP contribution < -0.4 is 5.30 Å². The van der Waals surface area contributed by atoms with Crippen LogP contribution >= 0.6 is 7.92 Å². The summed E-state index contributed by atoms with van der Waals surface area (Å²) in [4.78, 5) is 13.0. The fraction of sp³-hybridized carbons (Fsp3) is 0.136. The normalized spacial score (nSPS) is 12.5. The molecule has 0 N–H and O–H groups in total. The van der Waals surface area contributed by atoms with Crippen LogP contribution in [0.15, 0.2) is 91.0 Å². The molecule has 164 valence electrons. The summed E-state index contributed by atoms with van der Waals surface area (Å²) in [5.41, 5.74) is 2.25. The molecule has 0 saturated heterocycles. The van der Waals surface area contributed by atoms with Crippen LogP contribution in [0.25, 0.3) is 0 Å². The molecule has 0 fully saturated rings. The zero-order chi connectivity index (χ0) is 22.9. The van der Waals surface area contributed by atoms with E-state index in [-0.39, 0.29) is 5.52 Å². The standard InChI is InChI=1S/C20H17OP.C2F6O/c21-20(18-12-6-2-7-13-18)22(19-14-8-3-9-15-19)16-17-10-4-1-5-11-17;3-1(4,5)9-2(6,7)8/h1-15H,16H2;. The summed E-state index contributed by atoms with van der Waals surface area (Å²) < 4.78 is 65.3. The Labute approximate surface area is 176 Å². The first-order valence-corrected chi connectivity index (χ1v) is 10.4. The maximum absolute atomic E-state index is 13.0. The number of alkyl halides is 6. The fourth-order valence-corrected chi connectivity index (χ4v) is 4.65. The van der Waals surface area contributed by atoms with Gasteiger partial charge in [0.25, 0.3) is 0 Å². The summed E-state index contributed by atoms with van der Waals surface area (Å²) in [6.07, 6.45) is -10.5. The highest BCUT2D eigenvalue weighted by atomic mass is 31.1. The lowest BCUT2D eigenvalue weighted by Gasteiger charge is -2.17. The van der Waals surface area contributed by atoms with Gasteiger partial charge in [-0.3, -0.25) is 4.79 Å². The van der Waals surface area contributed by atoms with Gasteiger partial charge in [0, 0.05) is 19.6 Å². The van der Waals surface area contributed by atoms with Crippen LogP contribution in [0, 0.1) is 0 Å². The number of ether oxygens (including phenoxy) is 1. The van der Waals surface area contributed by atoms with E-state index in [9.17, 15) is 31.1 Å². The van der Waals surface area contributed by atoms with Crippen molar-refractivity contribution in [2.45, 2.75) is 18.9 Å². The van der Waals surface area contributed by atoms with E-state index >= 15 is 0 Å². The van der Waals surface area contributed by atoms with Crippen molar-refractivity contribution < 1.29 is 35.9 Å². The molecule has 9 heteroatoms. The van der Waals surface area contributed by atoms with Gasteiger partial charge in [0.2, 0.25) is 0 Å². The highest BCUT2D eigenvalue weighted by Gasteiger charge is 2.45. The molecular formula is C22H17F6O2P. The molecular weight excluding hydrogens is 441 g/mol. The average Bonchev–Trinajstić information content (AvgIpc) is 2.71. The fourth-order valence-electron chi connectivity index (χ4n) is 2.52. The van der Waals surface area contributed by atoms with Gasteiger partial charge in [-0.25, -0.2) is 0 Å². The third kappa shape index (κ3) is 9.32. The number of rotatable bonds is 5. The Morgan fingerprint density at radius 2 is 1.10 bits per heavy atom. The largest absolute Gasteiger partial charge is 0.529 e. The summed E-state index contributed by atoms with van der Waals surface area (Å²) in [5.74, 6) is 0. The summed E-state index contributed by atoms with van der Waals surface area (Å²) in [6.45, 7) is 0. The third-order valence-corrected chi connectivity index (χ3v) is 6.10. The van der Waals surface area contributed by atoms with Crippen molar-refractivity contribution in [3.05, 3.63) is 102 Å². The topological polar surface area (TPSA) is 26.3 Å². The second-order valence-electron chi connectivity index (χ2n) is 6.07. The van der Waals surface area contributed by atoms with Gasteiger partial charge in [-0.2, -0.15) is 4.74 Å². The van der Waals surface area contributed by atoms with E-state index in [1.165, 1.54) is 5.56 Å². The predicted molar refractivity (Wildman–Crippen MR) is 107 cm³/mol. The number of hydrogen-bond acceptors (Lipinski definition) is 2. The van der Waals surface area contributed by atoms with Gasteiger partial charge in [-0.1, -0.05) is 91.0 Å². The maximum atomic E-state index is 13.0. The van der Waals surface area contributed by atoms with Gasteiger partial charge in [-0.05, 0) is 10.9 Å². The monoisotopic (exact) mass is 458 g/mol. The number of hydrogen-bond donors (Lipinski definition) is 0. The summed E-state index contributed by atoms with van der Waals surface area (Å²) in [5, 5.41) is 1.13. The van der Waals surface area contributed by atoms with Crippen molar-refractivity contribution in [2.24, 2.45) is 0 Å². The molecule has 3 aromatic carbocycles. The lowest BCUT2D eigenvalue weighted by Crippen LogP contribution is -2.25. The Morgan fingerprint density at radius 1 is 0.677 bits per heavy atom. The van der Waals surface area contributed by atoms with Crippen LogP contribution in [0.5, 0.6) is 0 Å². The first kappa shape index (κ1) is 24.6. The van der Waals surface area contributed by atoms with Crippen LogP contribution in [0.2, 0.25) is 0 Å². The molecule has 3 aromatic rings. The van der Waals surface area contributed by atoms with E-state index in [0.29, 0.717) is 0 Å².